The van der Waals surface area contributed by atoms with Gasteiger partial charge in [-0.05, 0) is 19.1 Å². The predicted octanol–water partition coefficient (Wildman–Crippen LogP) is 4.43. The van der Waals surface area contributed by atoms with Gasteiger partial charge in [0.1, 0.15) is 5.82 Å². The van der Waals surface area contributed by atoms with Crippen LogP contribution in [0, 0.1) is 6.92 Å². The summed E-state index contributed by atoms with van der Waals surface area (Å²) in [6, 6.07) is 15.9. The molecule has 0 N–H and O–H groups in total. The second kappa shape index (κ2) is 8.16. The smallest absolute Gasteiger partial charge is 0.163 e. The molecule has 5 aromatic rings. The third-order valence-electron chi connectivity index (χ3n) is 4.71. The summed E-state index contributed by atoms with van der Waals surface area (Å²) in [7, 11) is 0. The zero-order valence-corrected chi connectivity index (χ0v) is 16.7. The maximum Gasteiger partial charge on any atom is 0.163 e. The van der Waals surface area contributed by atoms with Crippen molar-refractivity contribution in [2.45, 2.75) is 6.92 Å². The normalized spacial score (nSPS) is 10.7. The van der Waals surface area contributed by atoms with Crippen molar-refractivity contribution in [3.63, 3.8) is 0 Å². The summed E-state index contributed by atoms with van der Waals surface area (Å²) < 4.78 is 0. The summed E-state index contributed by atoms with van der Waals surface area (Å²) in [6.07, 6.45) is 10.1. The van der Waals surface area contributed by atoms with Gasteiger partial charge in [-0.2, -0.15) is 0 Å². The molecule has 0 fully saturated rings. The van der Waals surface area contributed by atoms with Crippen LogP contribution in [-0.4, -0.2) is 34.9 Å². The van der Waals surface area contributed by atoms with Crippen LogP contribution in [-0.2, 0) is 0 Å². The second-order valence-electron chi connectivity index (χ2n) is 6.87. The third-order valence-corrected chi connectivity index (χ3v) is 4.71. The highest BCUT2D eigenvalue weighted by atomic mass is 15.0. The number of hydrogen-bond donors (Lipinski definition) is 0. The molecule has 7 nitrogen and oxygen atoms in total. The van der Waals surface area contributed by atoms with E-state index in [1.54, 1.807) is 37.2 Å². The molecule has 5 rings (SSSR count). The number of benzene rings is 2. The first-order valence-electron chi connectivity index (χ1n) is 9.72. The molecule has 0 saturated carbocycles. The summed E-state index contributed by atoms with van der Waals surface area (Å²) in [5, 5.41) is 0. The standard InChI is InChI=1S/C24H17N7/c1-16-29-23(19-6-2-4-17(12-19)21-14-25-8-10-27-21)31-24(30-16)20-7-3-5-18(13-20)22-15-26-9-11-28-22/h2-15H,1H3. The largest absolute Gasteiger partial charge is 0.261 e. The molecule has 0 aliphatic rings. The first-order chi connectivity index (χ1) is 15.3. The molecule has 148 valence electrons. The lowest BCUT2D eigenvalue weighted by atomic mass is 10.1. The third kappa shape index (κ3) is 4.02. The molecule has 0 radical (unpaired) electrons. The van der Waals surface area contributed by atoms with Crippen molar-refractivity contribution in [2.24, 2.45) is 0 Å². The van der Waals surface area contributed by atoms with E-state index in [4.69, 9.17) is 4.98 Å². The van der Waals surface area contributed by atoms with Crippen LogP contribution >= 0.6 is 0 Å². The van der Waals surface area contributed by atoms with E-state index in [1.165, 1.54) is 0 Å². The number of rotatable bonds is 4. The summed E-state index contributed by atoms with van der Waals surface area (Å²) in [4.78, 5) is 30.9. The first kappa shape index (κ1) is 18.6. The summed E-state index contributed by atoms with van der Waals surface area (Å²) >= 11 is 0. The average molecular weight is 403 g/mol. The van der Waals surface area contributed by atoms with Gasteiger partial charge in [0.2, 0.25) is 0 Å². The van der Waals surface area contributed by atoms with E-state index in [0.717, 1.165) is 33.6 Å². The monoisotopic (exact) mass is 403 g/mol. The number of aryl methyl sites for hydroxylation is 1. The summed E-state index contributed by atoms with van der Waals surface area (Å²) in [6.45, 7) is 1.87. The zero-order chi connectivity index (χ0) is 21.0. The fourth-order valence-electron chi connectivity index (χ4n) is 3.27. The van der Waals surface area contributed by atoms with Crippen LogP contribution in [0.2, 0.25) is 0 Å². The Kier molecular flexibility index (Phi) is 4.90. The minimum Gasteiger partial charge on any atom is -0.261 e. The quantitative estimate of drug-likeness (QED) is 0.438. The molecule has 0 unspecified atom stereocenters. The topological polar surface area (TPSA) is 90.2 Å². The molecule has 0 spiro atoms. The van der Waals surface area contributed by atoms with Crippen LogP contribution < -0.4 is 0 Å². The number of aromatic nitrogens is 7. The fraction of sp³-hybridized carbons (Fsp3) is 0.0417. The van der Waals surface area contributed by atoms with Gasteiger partial charge in [0, 0.05) is 47.0 Å². The van der Waals surface area contributed by atoms with Gasteiger partial charge in [-0.15, -0.1) is 0 Å². The number of hydrogen-bond acceptors (Lipinski definition) is 7. The van der Waals surface area contributed by atoms with Gasteiger partial charge in [0.25, 0.3) is 0 Å². The minimum atomic E-state index is 0.609. The molecule has 0 amide bonds. The van der Waals surface area contributed by atoms with Crippen molar-refractivity contribution in [1.82, 2.24) is 34.9 Å². The maximum atomic E-state index is 4.75. The van der Waals surface area contributed by atoms with Gasteiger partial charge in [-0.1, -0.05) is 36.4 Å². The van der Waals surface area contributed by atoms with Crippen LogP contribution in [0.25, 0.3) is 45.3 Å². The predicted molar refractivity (Wildman–Crippen MR) is 117 cm³/mol. The van der Waals surface area contributed by atoms with Gasteiger partial charge >= 0.3 is 0 Å². The molecule has 0 saturated heterocycles. The van der Waals surface area contributed by atoms with Gasteiger partial charge < -0.3 is 0 Å². The van der Waals surface area contributed by atoms with Crippen molar-refractivity contribution in [1.29, 1.82) is 0 Å². The Morgan fingerprint density at radius 2 is 1.03 bits per heavy atom. The molecule has 2 aromatic carbocycles. The van der Waals surface area contributed by atoms with E-state index in [2.05, 4.69) is 29.9 Å². The van der Waals surface area contributed by atoms with E-state index >= 15 is 0 Å². The molecule has 31 heavy (non-hydrogen) atoms. The summed E-state index contributed by atoms with van der Waals surface area (Å²) in [5.41, 5.74) is 5.28. The fourth-order valence-corrected chi connectivity index (χ4v) is 3.27. The molecular weight excluding hydrogens is 386 g/mol. The Bertz CT molecular complexity index is 1240. The van der Waals surface area contributed by atoms with Crippen molar-refractivity contribution in [3.8, 4) is 45.3 Å². The van der Waals surface area contributed by atoms with Crippen LogP contribution in [0.3, 0.4) is 0 Å². The molecule has 0 atom stereocenters. The maximum absolute atomic E-state index is 4.75. The van der Waals surface area contributed by atoms with Crippen LogP contribution in [0.1, 0.15) is 5.82 Å². The summed E-state index contributed by atoms with van der Waals surface area (Å²) in [5.74, 6) is 1.87. The van der Waals surface area contributed by atoms with E-state index in [1.807, 2.05) is 55.5 Å². The Labute approximate surface area is 179 Å². The van der Waals surface area contributed by atoms with E-state index in [0.29, 0.717) is 17.5 Å². The molecule has 7 heteroatoms. The van der Waals surface area contributed by atoms with Gasteiger partial charge in [0.05, 0.1) is 23.8 Å². The van der Waals surface area contributed by atoms with Crippen LogP contribution in [0.5, 0.6) is 0 Å². The van der Waals surface area contributed by atoms with Crippen LogP contribution in [0.4, 0.5) is 0 Å². The molecule has 3 aromatic heterocycles. The van der Waals surface area contributed by atoms with Gasteiger partial charge in [-0.25, -0.2) is 15.0 Å². The molecule has 3 heterocycles. The van der Waals surface area contributed by atoms with E-state index < -0.39 is 0 Å². The van der Waals surface area contributed by atoms with E-state index in [-0.39, 0.29) is 0 Å². The van der Waals surface area contributed by atoms with Crippen molar-refractivity contribution < 1.29 is 0 Å². The lowest BCUT2D eigenvalue weighted by Gasteiger charge is -2.08. The van der Waals surface area contributed by atoms with E-state index in [9.17, 15) is 0 Å². The van der Waals surface area contributed by atoms with Crippen molar-refractivity contribution in [2.75, 3.05) is 0 Å². The number of nitrogens with zero attached hydrogens (tertiary/aromatic N) is 7. The average Bonchev–Trinajstić information content (AvgIpc) is 2.85. The first-order valence-corrected chi connectivity index (χ1v) is 9.72. The van der Waals surface area contributed by atoms with Gasteiger partial charge in [0.15, 0.2) is 11.6 Å². The van der Waals surface area contributed by atoms with Gasteiger partial charge in [-0.3, -0.25) is 19.9 Å². The Morgan fingerprint density at radius 1 is 0.548 bits per heavy atom. The Morgan fingerprint density at radius 3 is 1.48 bits per heavy atom. The highest BCUT2D eigenvalue weighted by Crippen LogP contribution is 2.26. The van der Waals surface area contributed by atoms with Crippen molar-refractivity contribution in [3.05, 3.63) is 91.5 Å². The SMILES string of the molecule is Cc1nc(-c2cccc(-c3cnccn3)c2)nc(-c2cccc(-c3cnccn3)c2)n1. The lowest BCUT2D eigenvalue weighted by Crippen LogP contribution is -2.00. The molecule has 0 aliphatic heterocycles. The van der Waals surface area contributed by atoms with Crippen molar-refractivity contribution >= 4 is 0 Å². The zero-order valence-electron chi connectivity index (χ0n) is 16.7. The highest BCUT2D eigenvalue weighted by molar-refractivity contribution is 5.70. The molecular formula is C24H17N7. The lowest BCUT2D eigenvalue weighted by molar-refractivity contribution is 0.992. The second-order valence-corrected chi connectivity index (χ2v) is 6.87. The highest BCUT2D eigenvalue weighted by Gasteiger charge is 2.11. The minimum absolute atomic E-state index is 0.609. The Balaban J connectivity index is 1.56. The molecule has 0 aliphatic carbocycles. The Hall–Kier alpha value is -4.39. The molecule has 0 bridgehead atoms. The van der Waals surface area contributed by atoms with Crippen LogP contribution in [0.15, 0.2) is 85.7 Å².